The molecule has 0 bridgehead atoms. The highest BCUT2D eigenvalue weighted by molar-refractivity contribution is 6.42. The van der Waals surface area contributed by atoms with E-state index in [0.29, 0.717) is 27.5 Å². The third-order valence-corrected chi connectivity index (χ3v) is 4.96. The molecule has 1 atom stereocenters. The number of rotatable bonds is 5. The summed E-state index contributed by atoms with van der Waals surface area (Å²) in [6, 6.07) is 0.567. The predicted molar refractivity (Wildman–Crippen MR) is 106 cm³/mol. The zero-order valence-electron chi connectivity index (χ0n) is 16.6. The van der Waals surface area contributed by atoms with E-state index in [1.165, 1.54) is 16.8 Å². The van der Waals surface area contributed by atoms with Crippen molar-refractivity contribution in [3.05, 3.63) is 41.1 Å². The maximum Gasteiger partial charge on any atom is 0.316 e. The SMILES string of the molecule is [B]C1NC(=O)N(Cc2cnn3cc(CNC(=O)c4nonc4C)nc3c2)C([B])([B])C1(F)F. The van der Waals surface area contributed by atoms with Gasteiger partial charge in [-0.15, -0.1) is 0 Å². The molecule has 1 aliphatic heterocycles. The van der Waals surface area contributed by atoms with Gasteiger partial charge in [0.2, 0.25) is 0 Å². The number of hydrogen-bond acceptors (Lipinski definition) is 7. The van der Waals surface area contributed by atoms with Crippen LogP contribution in [-0.4, -0.2) is 82.5 Å². The minimum Gasteiger partial charge on any atom is -0.345 e. The minimum absolute atomic E-state index is 0.0528. The van der Waals surface area contributed by atoms with Crippen molar-refractivity contribution in [2.75, 3.05) is 0 Å². The Kier molecular flexibility index (Phi) is 5.17. The number of aromatic nitrogens is 5. The van der Waals surface area contributed by atoms with Gasteiger partial charge >= 0.3 is 6.03 Å². The van der Waals surface area contributed by atoms with E-state index in [4.69, 9.17) is 23.5 Å². The molecular weight excluding hydrogens is 423 g/mol. The number of aryl methyl sites for hydroxylation is 1. The van der Waals surface area contributed by atoms with Crippen LogP contribution in [0.4, 0.5) is 13.6 Å². The first-order valence-corrected chi connectivity index (χ1v) is 9.20. The fourth-order valence-corrected chi connectivity index (χ4v) is 3.11. The molecule has 0 aliphatic carbocycles. The number of urea groups is 1. The molecule has 3 amide bonds. The van der Waals surface area contributed by atoms with Gasteiger partial charge in [0.15, 0.2) is 11.3 Å². The minimum atomic E-state index is -3.80. The van der Waals surface area contributed by atoms with Crippen LogP contribution in [0.3, 0.4) is 0 Å². The number of halogens is 2. The molecule has 1 unspecified atom stereocenters. The van der Waals surface area contributed by atoms with Crippen LogP contribution in [0.15, 0.2) is 23.1 Å². The van der Waals surface area contributed by atoms with Crippen LogP contribution in [0.25, 0.3) is 5.65 Å². The molecule has 32 heavy (non-hydrogen) atoms. The van der Waals surface area contributed by atoms with E-state index < -0.39 is 29.1 Å². The van der Waals surface area contributed by atoms with Gasteiger partial charge in [0.1, 0.15) is 13.5 Å². The lowest BCUT2D eigenvalue weighted by molar-refractivity contribution is -0.0837. The first-order chi connectivity index (χ1) is 15.0. The lowest BCUT2D eigenvalue weighted by atomic mass is 9.52. The van der Waals surface area contributed by atoms with Gasteiger partial charge in [0.25, 0.3) is 11.8 Å². The number of alkyl halides is 2. The van der Waals surface area contributed by atoms with Gasteiger partial charge in [-0.2, -0.15) is 5.10 Å². The Hall–Kier alpha value is -3.45. The zero-order chi connectivity index (χ0) is 23.3. The Balaban J connectivity index is 1.50. The van der Waals surface area contributed by atoms with E-state index in [9.17, 15) is 18.4 Å². The van der Waals surface area contributed by atoms with Crippen LogP contribution in [-0.2, 0) is 13.1 Å². The number of nitrogens with one attached hydrogen (secondary N) is 2. The molecule has 11 nitrogen and oxygen atoms in total. The second-order valence-corrected chi connectivity index (χ2v) is 7.24. The van der Waals surface area contributed by atoms with Crippen molar-refractivity contribution in [1.82, 2.24) is 40.4 Å². The van der Waals surface area contributed by atoms with Crippen LogP contribution >= 0.6 is 0 Å². The van der Waals surface area contributed by atoms with E-state index in [0.717, 1.165) is 0 Å². The van der Waals surface area contributed by atoms with Crippen molar-refractivity contribution in [3.8, 4) is 0 Å². The van der Waals surface area contributed by atoms with Crippen LogP contribution in [0.1, 0.15) is 27.4 Å². The Morgan fingerprint density at radius 1 is 1.38 bits per heavy atom. The first kappa shape index (κ1) is 21.8. The molecule has 0 aromatic carbocycles. The Morgan fingerprint density at radius 2 is 2.12 bits per heavy atom. The average molecular weight is 436 g/mol. The van der Waals surface area contributed by atoms with Crippen LogP contribution in [0.2, 0.25) is 0 Å². The number of amides is 3. The largest absolute Gasteiger partial charge is 0.345 e. The van der Waals surface area contributed by atoms with Gasteiger partial charge < -0.3 is 15.5 Å². The molecule has 16 heteroatoms. The number of fused-ring (bicyclic) bond motifs is 1. The highest BCUT2D eigenvalue weighted by Crippen LogP contribution is 2.35. The molecule has 158 valence electrons. The second kappa shape index (κ2) is 7.60. The lowest BCUT2D eigenvalue weighted by Crippen LogP contribution is -2.76. The standard InChI is InChI=1S/C16H13B3F2N8O3/c1-7-11(27-32-26-7)12(30)22-4-9-6-29-10(24-9)2-8(3-23-29)5-28-14(31)25-13(17)15(20,21)16(28,18)19/h2-3,6,13H,4-5H2,1H3,(H,22,30)(H,25,31). The molecule has 4 rings (SSSR count). The van der Waals surface area contributed by atoms with Crippen LogP contribution in [0.5, 0.6) is 0 Å². The van der Waals surface area contributed by atoms with Crippen LogP contribution in [0, 0.1) is 6.92 Å². The molecule has 3 aromatic heterocycles. The van der Waals surface area contributed by atoms with Gasteiger partial charge in [-0.25, -0.2) is 27.7 Å². The van der Waals surface area contributed by atoms with Crippen molar-refractivity contribution in [1.29, 1.82) is 0 Å². The summed E-state index contributed by atoms with van der Waals surface area (Å²) in [7, 11) is 16.4. The van der Waals surface area contributed by atoms with E-state index in [1.807, 2.05) is 5.32 Å². The number of imidazole rings is 1. The topological polar surface area (TPSA) is 131 Å². The molecule has 4 heterocycles. The normalized spacial score (nSPS) is 19.7. The fourth-order valence-electron chi connectivity index (χ4n) is 3.11. The summed E-state index contributed by atoms with van der Waals surface area (Å²) in [4.78, 5) is 29.2. The zero-order valence-corrected chi connectivity index (χ0v) is 16.6. The summed E-state index contributed by atoms with van der Waals surface area (Å²) < 4.78 is 34.5. The smallest absolute Gasteiger partial charge is 0.316 e. The summed E-state index contributed by atoms with van der Waals surface area (Å²) >= 11 is 0. The van der Waals surface area contributed by atoms with Crippen LogP contribution < -0.4 is 10.6 Å². The highest BCUT2D eigenvalue weighted by atomic mass is 19.3. The highest BCUT2D eigenvalue weighted by Gasteiger charge is 2.57. The molecule has 3 aromatic rings. The van der Waals surface area contributed by atoms with Crippen molar-refractivity contribution in [2.45, 2.75) is 37.2 Å². The molecule has 1 saturated heterocycles. The number of carbonyl (C=O) groups excluding carboxylic acids is 2. The van der Waals surface area contributed by atoms with E-state index in [1.54, 1.807) is 13.1 Å². The van der Waals surface area contributed by atoms with E-state index in [-0.39, 0.29) is 18.8 Å². The predicted octanol–water partition coefficient (Wildman–Crippen LogP) is -1.00. The average Bonchev–Trinajstić information content (AvgIpc) is 3.34. The third-order valence-electron chi connectivity index (χ3n) is 4.96. The van der Waals surface area contributed by atoms with Gasteiger partial charge in [0.05, 0.1) is 46.3 Å². The molecule has 1 fully saturated rings. The van der Waals surface area contributed by atoms with Crippen molar-refractivity contribution in [3.63, 3.8) is 0 Å². The summed E-state index contributed by atoms with van der Waals surface area (Å²) in [5.74, 6) is -6.31. The summed E-state index contributed by atoms with van der Waals surface area (Å²) in [6.45, 7) is 1.25. The fraction of sp³-hybridized carbons (Fsp3) is 0.375. The van der Waals surface area contributed by atoms with Crippen molar-refractivity contribution in [2.24, 2.45) is 0 Å². The van der Waals surface area contributed by atoms with Gasteiger partial charge in [-0.05, 0) is 23.7 Å². The Bertz CT molecular complexity index is 1200. The molecular formula is C16H13B3F2N8O3. The third kappa shape index (κ3) is 3.58. The van der Waals surface area contributed by atoms with Crippen molar-refractivity contribution < 1.29 is 23.0 Å². The second-order valence-electron chi connectivity index (χ2n) is 7.24. The molecule has 6 radical (unpaired) electrons. The summed E-state index contributed by atoms with van der Waals surface area (Å²) in [5.41, 5.74) is 1.53. The Morgan fingerprint density at radius 3 is 2.81 bits per heavy atom. The Labute approximate surface area is 183 Å². The number of carbonyl (C=O) groups is 2. The van der Waals surface area contributed by atoms with Gasteiger partial charge in [0, 0.05) is 11.9 Å². The molecule has 0 saturated carbocycles. The number of nitrogens with zero attached hydrogens (tertiary/aromatic N) is 6. The first-order valence-electron chi connectivity index (χ1n) is 9.20. The molecule has 2 N–H and O–H groups in total. The van der Waals surface area contributed by atoms with Gasteiger partial charge in [-0.1, -0.05) is 5.16 Å². The molecule has 1 aliphatic rings. The number of hydrogen-bond donors (Lipinski definition) is 2. The lowest BCUT2D eigenvalue weighted by Gasteiger charge is -2.51. The summed E-state index contributed by atoms with van der Waals surface area (Å²) in [6.07, 6.45) is 2.90. The maximum atomic E-state index is 14.3. The quantitative estimate of drug-likeness (QED) is 0.491. The molecule has 0 spiro atoms. The van der Waals surface area contributed by atoms with Gasteiger partial charge in [-0.3, -0.25) is 4.79 Å². The monoisotopic (exact) mass is 436 g/mol. The summed E-state index contributed by atoms with van der Waals surface area (Å²) in [5, 5.41) is 12.9. The van der Waals surface area contributed by atoms with E-state index >= 15 is 0 Å². The maximum absolute atomic E-state index is 14.3. The van der Waals surface area contributed by atoms with Crippen molar-refractivity contribution >= 4 is 41.1 Å². The van der Waals surface area contributed by atoms with E-state index in [2.05, 4.69) is 30.3 Å².